The summed E-state index contributed by atoms with van der Waals surface area (Å²) in [5.74, 6) is 0. The molecular weight excluding hydrogens is 178 g/mol. The van der Waals surface area contributed by atoms with Crippen LogP contribution in [0.15, 0.2) is 12.2 Å². The van der Waals surface area contributed by atoms with Crippen molar-refractivity contribution in [3.8, 4) is 0 Å². The van der Waals surface area contributed by atoms with Gasteiger partial charge in [-0.15, -0.1) is 0 Å². The first-order valence-corrected chi connectivity index (χ1v) is 4.14. The highest BCUT2D eigenvalue weighted by Gasteiger charge is 1.84. The van der Waals surface area contributed by atoms with Gasteiger partial charge in [-0.2, -0.15) is 8.42 Å². The van der Waals surface area contributed by atoms with E-state index in [4.69, 9.17) is 13.2 Å². The van der Waals surface area contributed by atoms with Crippen molar-refractivity contribution in [3.63, 3.8) is 0 Å². The van der Waals surface area contributed by atoms with E-state index >= 15 is 0 Å². The first kappa shape index (κ1) is 14.0. The maximum Gasteiger partial charge on any atom is 0.335 e. The van der Waals surface area contributed by atoms with Crippen molar-refractivity contribution in [2.24, 2.45) is 0 Å². The molecule has 0 aromatic carbocycles. The fourth-order valence-corrected chi connectivity index (χ4v) is 0.421. The molecule has 0 saturated heterocycles. The van der Waals surface area contributed by atoms with Crippen molar-refractivity contribution < 1.29 is 13.2 Å². The molecule has 0 saturated carbocycles. The third-order valence-corrected chi connectivity index (χ3v) is 0.845. The minimum Gasteiger partial charge on any atom is -0.376 e. The summed E-state index contributed by atoms with van der Waals surface area (Å²) < 4.78 is 21.8. The van der Waals surface area contributed by atoms with Crippen molar-refractivity contribution in [1.29, 1.82) is 0 Å². The lowest BCUT2D eigenvalue weighted by Crippen LogP contribution is -2.14. The number of ether oxygens (including phenoxy) is 1. The molecule has 0 fully saturated rings. The number of hydrogen-bond acceptors (Lipinski definition) is 4. The maximum absolute atomic E-state index is 8.29. The summed E-state index contributed by atoms with van der Waals surface area (Å²) in [4.78, 5) is 0. The summed E-state index contributed by atoms with van der Waals surface area (Å²) >= 11 is -0.750. The highest BCUT2D eigenvalue weighted by molar-refractivity contribution is 7.51. The first-order valence-electron chi connectivity index (χ1n) is 3.47. The quantitative estimate of drug-likeness (QED) is 0.498. The van der Waals surface area contributed by atoms with Gasteiger partial charge in [-0.1, -0.05) is 12.2 Å². The molecule has 4 nitrogen and oxygen atoms in total. The Balaban J connectivity index is 0. The van der Waals surface area contributed by atoms with Crippen molar-refractivity contribution in [3.05, 3.63) is 12.2 Å². The Bertz CT molecular complexity index is 144. The maximum atomic E-state index is 8.29. The molecular formula is C7H15NO3S. The van der Waals surface area contributed by atoms with Crippen molar-refractivity contribution >= 4 is 11.6 Å². The molecule has 0 atom stereocenters. The molecule has 0 aliphatic carbocycles. The van der Waals surface area contributed by atoms with Gasteiger partial charge >= 0.3 is 11.6 Å². The van der Waals surface area contributed by atoms with Crippen LogP contribution in [0.1, 0.15) is 6.92 Å². The number of nitrogens with one attached hydrogen (secondary N) is 1. The minimum atomic E-state index is -0.750. The lowest BCUT2D eigenvalue weighted by molar-refractivity contribution is 0.159. The Kier molecular flexibility index (Phi) is 15.3. The standard InChI is InChI=1S/C7H15NO.O2S/c1-7(2)6-9-5-4-8-3;1-3-2/h8H,1,4-6H2,2-3H3;. The first-order chi connectivity index (χ1) is 5.68. The number of hydrogen-bond donors (Lipinski definition) is 1. The summed E-state index contributed by atoms with van der Waals surface area (Å²) in [6.07, 6.45) is 0. The Labute approximate surface area is 76.6 Å². The van der Waals surface area contributed by atoms with E-state index in [1.54, 1.807) is 0 Å². The van der Waals surface area contributed by atoms with Crippen LogP contribution >= 0.6 is 0 Å². The summed E-state index contributed by atoms with van der Waals surface area (Å²) in [6.45, 7) is 8.02. The molecule has 0 heterocycles. The van der Waals surface area contributed by atoms with E-state index in [2.05, 4.69) is 11.9 Å². The average Bonchev–Trinajstić information content (AvgIpc) is 1.99. The Morgan fingerprint density at radius 2 is 2.08 bits per heavy atom. The molecule has 72 valence electrons. The smallest absolute Gasteiger partial charge is 0.335 e. The van der Waals surface area contributed by atoms with Gasteiger partial charge in [0.15, 0.2) is 0 Å². The second-order valence-electron chi connectivity index (χ2n) is 2.18. The van der Waals surface area contributed by atoms with Crippen LogP contribution in [0.5, 0.6) is 0 Å². The van der Waals surface area contributed by atoms with Gasteiger partial charge in [0.25, 0.3) is 0 Å². The molecule has 5 heteroatoms. The summed E-state index contributed by atoms with van der Waals surface area (Å²) in [5, 5.41) is 2.99. The summed E-state index contributed by atoms with van der Waals surface area (Å²) in [7, 11) is 1.91. The van der Waals surface area contributed by atoms with Crippen LogP contribution < -0.4 is 5.32 Å². The van der Waals surface area contributed by atoms with Crippen LogP contribution in [-0.2, 0) is 16.3 Å². The largest absolute Gasteiger partial charge is 0.376 e. The predicted octanol–water partition coefficient (Wildman–Crippen LogP) is 0.128. The predicted molar refractivity (Wildman–Crippen MR) is 48.5 cm³/mol. The fourth-order valence-electron chi connectivity index (χ4n) is 0.421. The summed E-state index contributed by atoms with van der Waals surface area (Å²) in [6, 6.07) is 0. The molecule has 0 unspecified atom stereocenters. The van der Waals surface area contributed by atoms with Gasteiger partial charge < -0.3 is 10.1 Å². The van der Waals surface area contributed by atoms with E-state index < -0.39 is 11.6 Å². The van der Waals surface area contributed by atoms with Gasteiger partial charge in [0, 0.05) is 6.54 Å². The average molecular weight is 193 g/mol. The molecule has 0 amide bonds. The molecule has 0 aromatic rings. The van der Waals surface area contributed by atoms with Crippen LogP contribution in [0.25, 0.3) is 0 Å². The van der Waals surface area contributed by atoms with E-state index in [1.165, 1.54) is 0 Å². The molecule has 12 heavy (non-hydrogen) atoms. The minimum absolute atomic E-state index is 0.682. The highest BCUT2D eigenvalue weighted by Crippen LogP contribution is 1.85. The second-order valence-corrected chi connectivity index (χ2v) is 2.32. The molecule has 0 rings (SSSR count). The van der Waals surface area contributed by atoms with Crippen LogP contribution in [0.3, 0.4) is 0 Å². The van der Waals surface area contributed by atoms with E-state index in [-0.39, 0.29) is 0 Å². The van der Waals surface area contributed by atoms with Gasteiger partial charge in [0.05, 0.1) is 13.2 Å². The van der Waals surface area contributed by atoms with E-state index in [0.29, 0.717) is 6.61 Å². The Morgan fingerprint density at radius 3 is 2.42 bits per heavy atom. The zero-order valence-electron chi connectivity index (χ0n) is 7.46. The molecule has 0 aliphatic heterocycles. The van der Waals surface area contributed by atoms with E-state index in [9.17, 15) is 0 Å². The van der Waals surface area contributed by atoms with Gasteiger partial charge in [0.1, 0.15) is 0 Å². The van der Waals surface area contributed by atoms with Gasteiger partial charge in [-0.3, -0.25) is 0 Å². The normalized spacial score (nSPS) is 8.17. The van der Waals surface area contributed by atoms with E-state index in [1.807, 2.05) is 14.0 Å². The third kappa shape index (κ3) is 22.7. The van der Waals surface area contributed by atoms with Crippen molar-refractivity contribution in [2.75, 3.05) is 26.8 Å². The van der Waals surface area contributed by atoms with Crippen LogP contribution in [0.2, 0.25) is 0 Å². The molecule has 0 aromatic heterocycles. The van der Waals surface area contributed by atoms with Crippen LogP contribution in [-0.4, -0.2) is 35.2 Å². The SMILES string of the molecule is C=C(C)COCCNC.O=S=O. The second kappa shape index (κ2) is 13.1. The van der Waals surface area contributed by atoms with Crippen LogP contribution in [0, 0.1) is 0 Å². The van der Waals surface area contributed by atoms with Gasteiger partial charge in [0.2, 0.25) is 0 Å². The van der Waals surface area contributed by atoms with Crippen molar-refractivity contribution in [1.82, 2.24) is 5.32 Å². The molecule has 1 N–H and O–H groups in total. The van der Waals surface area contributed by atoms with Gasteiger partial charge in [-0.25, -0.2) is 0 Å². The van der Waals surface area contributed by atoms with Gasteiger partial charge in [-0.05, 0) is 14.0 Å². The van der Waals surface area contributed by atoms with E-state index in [0.717, 1.165) is 18.7 Å². The zero-order chi connectivity index (χ0) is 9.82. The van der Waals surface area contributed by atoms with Crippen LogP contribution in [0.4, 0.5) is 0 Å². The lowest BCUT2D eigenvalue weighted by atomic mass is 10.4. The monoisotopic (exact) mass is 193 g/mol. The number of rotatable bonds is 5. The molecule has 0 spiro atoms. The molecule has 0 aliphatic rings. The lowest BCUT2D eigenvalue weighted by Gasteiger charge is -2.01. The van der Waals surface area contributed by atoms with Crippen molar-refractivity contribution in [2.45, 2.75) is 6.92 Å². The third-order valence-electron chi connectivity index (χ3n) is 0.845. The topological polar surface area (TPSA) is 55.4 Å². The molecule has 0 radical (unpaired) electrons. The molecule has 0 bridgehead atoms. The Morgan fingerprint density at radius 1 is 1.58 bits per heavy atom. The number of likely N-dealkylation sites (N-methyl/N-ethyl adjacent to an activating group) is 1. The highest BCUT2D eigenvalue weighted by atomic mass is 32.1. The summed E-state index contributed by atoms with van der Waals surface area (Å²) in [5.41, 5.74) is 1.08. The zero-order valence-corrected chi connectivity index (χ0v) is 8.28. The fraction of sp³-hybridized carbons (Fsp3) is 0.714. The Hall–Kier alpha value is -0.520.